The van der Waals surface area contributed by atoms with Crippen molar-refractivity contribution < 1.29 is 9.59 Å². The van der Waals surface area contributed by atoms with Gasteiger partial charge in [-0.3, -0.25) is 19.5 Å². The predicted octanol–water partition coefficient (Wildman–Crippen LogP) is 0.892. The number of pyridine rings is 1. The molecule has 0 unspecified atom stereocenters. The molecule has 3 aliphatic rings. The molecule has 152 valence electrons. The number of aromatic nitrogens is 1. The first-order valence-electron chi connectivity index (χ1n) is 10.6. The molecule has 2 amide bonds. The lowest BCUT2D eigenvalue weighted by Gasteiger charge is -2.42. The van der Waals surface area contributed by atoms with Crippen LogP contribution in [0.2, 0.25) is 0 Å². The van der Waals surface area contributed by atoms with Gasteiger partial charge in [-0.05, 0) is 57.2 Å². The monoisotopic (exact) mass is 385 g/mol. The van der Waals surface area contributed by atoms with Crippen LogP contribution in [0.1, 0.15) is 44.2 Å². The molecule has 3 N–H and O–H groups in total. The Balaban J connectivity index is 1.25. The topological polar surface area (TPSA) is 91.6 Å². The number of nitrogens with two attached hydrogens (primary N) is 1. The van der Waals surface area contributed by atoms with Gasteiger partial charge in [-0.25, -0.2) is 0 Å². The molecule has 7 heteroatoms. The highest BCUT2D eigenvalue weighted by Gasteiger charge is 2.48. The van der Waals surface area contributed by atoms with Crippen molar-refractivity contribution >= 4 is 11.8 Å². The SMILES string of the molecule is NC1(C(=O)N2CCC(N3CCC[C@@H](C(=O)NCc4ccccn4)C3)CC2)CC1. The molecule has 3 heterocycles. The number of carbonyl (C=O) groups is 2. The van der Waals surface area contributed by atoms with Crippen molar-refractivity contribution in [2.75, 3.05) is 26.2 Å². The molecule has 0 bridgehead atoms. The summed E-state index contributed by atoms with van der Waals surface area (Å²) in [4.78, 5) is 33.7. The minimum Gasteiger partial charge on any atom is -0.350 e. The molecule has 1 aromatic rings. The van der Waals surface area contributed by atoms with Gasteiger partial charge in [0.15, 0.2) is 0 Å². The van der Waals surface area contributed by atoms with E-state index in [1.807, 2.05) is 23.1 Å². The zero-order valence-corrected chi connectivity index (χ0v) is 16.5. The molecule has 1 aromatic heterocycles. The van der Waals surface area contributed by atoms with Crippen molar-refractivity contribution in [3.63, 3.8) is 0 Å². The largest absolute Gasteiger partial charge is 0.350 e. The molecule has 1 saturated carbocycles. The van der Waals surface area contributed by atoms with Crippen molar-refractivity contribution in [2.45, 2.75) is 56.7 Å². The summed E-state index contributed by atoms with van der Waals surface area (Å²) in [6.45, 7) is 3.92. The standard InChI is InChI=1S/C21H31N5O2/c22-21(8-9-21)20(28)25-12-6-18(7-13-25)26-11-3-4-16(15-26)19(27)24-14-17-5-1-2-10-23-17/h1-2,5,10,16,18H,3-4,6-9,11-15,22H2,(H,24,27)/t16-/m1/s1. The number of hydrogen-bond acceptors (Lipinski definition) is 5. The van der Waals surface area contributed by atoms with E-state index >= 15 is 0 Å². The summed E-state index contributed by atoms with van der Waals surface area (Å²) in [7, 11) is 0. The van der Waals surface area contributed by atoms with Crippen LogP contribution in [-0.2, 0) is 16.1 Å². The van der Waals surface area contributed by atoms with Crippen LogP contribution < -0.4 is 11.1 Å². The predicted molar refractivity (Wildman–Crippen MR) is 106 cm³/mol. The Hall–Kier alpha value is -1.99. The average Bonchev–Trinajstić information content (AvgIpc) is 3.51. The first-order valence-corrected chi connectivity index (χ1v) is 10.6. The quantitative estimate of drug-likeness (QED) is 0.786. The van der Waals surface area contributed by atoms with Gasteiger partial charge in [0, 0.05) is 31.9 Å². The Morgan fingerprint density at radius 3 is 2.64 bits per heavy atom. The molecule has 2 aliphatic heterocycles. The number of hydrogen-bond donors (Lipinski definition) is 2. The van der Waals surface area contributed by atoms with Crippen molar-refractivity contribution in [1.29, 1.82) is 0 Å². The Morgan fingerprint density at radius 2 is 1.96 bits per heavy atom. The maximum atomic E-state index is 12.6. The first-order chi connectivity index (χ1) is 13.5. The van der Waals surface area contributed by atoms with Crippen molar-refractivity contribution in [1.82, 2.24) is 20.1 Å². The van der Waals surface area contributed by atoms with Crippen LogP contribution in [0.25, 0.3) is 0 Å². The highest BCUT2D eigenvalue weighted by Crippen LogP contribution is 2.35. The van der Waals surface area contributed by atoms with E-state index < -0.39 is 5.54 Å². The average molecular weight is 386 g/mol. The van der Waals surface area contributed by atoms with Crippen molar-refractivity contribution in [3.8, 4) is 0 Å². The zero-order valence-electron chi connectivity index (χ0n) is 16.5. The number of nitrogens with zero attached hydrogens (tertiary/aromatic N) is 3. The van der Waals surface area contributed by atoms with Crippen LogP contribution in [0.3, 0.4) is 0 Å². The van der Waals surface area contributed by atoms with Gasteiger partial charge in [0.05, 0.1) is 23.7 Å². The Bertz CT molecular complexity index is 698. The van der Waals surface area contributed by atoms with Crippen LogP contribution in [0, 0.1) is 5.92 Å². The maximum absolute atomic E-state index is 12.6. The van der Waals surface area contributed by atoms with E-state index in [9.17, 15) is 9.59 Å². The number of amides is 2. The normalized spacial score (nSPS) is 25.3. The van der Waals surface area contributed by atoms with Crippen LogP contribution in [0.4, 0.5) is 0 Å². The van der Waals surface area contributed by atoms with Gasteiger partial charge >= 0.3 is 0 Å². The summed E-state index contributed by atoms with van der Waals surface area (Å²) in [6.07, 6.45) is 7.34. The van der Waals surface area contributed by atoms with Crippen LogP contribution in [0.5, 0.6) is 0 Å². The fourth-order valence-corrected chi connectivity index (χ4v) is 4.47. The van der Waals surface area contributed by atoms with Crippen LogP contribution >= 0.6 is 0 Å². The molecular weight excluding hydrogens is 354 g/mol. The second-order valence-electron chi connectivity index (χ2n) is 8.55. The van der Waals surface area contributed by atoms with Gasteiger partial charge in [0.25, 0.3) is 0 Å². The molecule has 7 nitrogen and oxygen atoms in total. The number of piperidine rings is 2. The second kappa shape index (κ2) is 8.17. The minimum atomic E-state index is -0.561. The lowest BCUT2D eigenvalue weighted by Crippen LogP contribution is -2.54. The molecule has 1 atom stereocenters. The zero-order chi connectivity index (χ0) is 19.6. The summed E-state index contributed by atoms with van der Waals surface area (Å²) >= 11 is 0. The lowest BCUT2D eigenvalue weighted by atomic mass is 9.93. The van der Waals surface area contributed by atoms with Gasteiger partial charge in [-0.1, -0.05) is 6.07 Å². The third-order valence-corrected chi connectivity index (χ3v) is 6.48. The van der Waals surface area contributed by atoms with Gasteiger partial charge < -0.3 is 16.0 Å². The Labute approximate surface area is 166 Å². The number of nitrogens with one attached hydrogen (secondary N) is 1. The maximum Gasteiger partial charge on any atom is 0.242 e. The number of likely N-dealkylation sites (tertiary alicyclic amines) is 2. The van der Waals surface area contributed by atoms with Crippen LogP contribution in [-0.4, -0.2) is 64.4 Å². The molecule has 0 radical (unpaired) electrons. The molecule has 0 spiro atoms. The molecule has 4 rings (SSSR count). The van der Waals surface area contributed by atoms with E-state index in [1.165, 1.54) is 0 Å². The van der Waals surface area contributed by atoms with Gasteiger partial charge in [0.1, 0.15) is 0 Å². The van der Waals surface area contributed by atoms with Crippen molar-refractivity contribution in [2.24, 2.45) is 11.7 Å². The lowest BCUT2D eigenvalue weighted by molar-refractivity contribution is -0.135. The molecule has 28 heavy (non-hydrogen) atoms. The summed E-state index contributed by atoms with van der Waals surface area (Å²) in [5, 5.41) is 3.04. The molecule has 2 saturated heterocycles. The molecule has 0 aromatic carbocycles. The Kier molecular flexibility index (Phi) is 5.64. The summed E-state index contributed by atoms with van der Waals surface area (Å²) < 4.78 is 0. The third kappa shape index (κ3) is 4.36. The highest BCUT2D eigenvalue weighted by molar-refractivity contribution is 5.89. The highest BCUT2D eigenvalue weighted by atomic mass is 16.2. The van der Waals surface area contributed by atoms with Crippen molar-refractivity contribution in [3.05, 3.63) is 30.1 Å². The van der Waals surface area contributed by atoms with E-state index in [2.05, 4.69) is 15.2 Å². The van der Waals surface area contributed by atoms with Gasteiger partial charge in [-0.15, -0.1) is 0 Å². The van der Waals surface area contributed by atoms with E-state index in [-0.39, 0.29) is 17.7 Å². The summed E-state index contributed by atoms with van der Waals surface area (Å²) in [6, 6.07) is 6.20. The summed E-state index contributed by atoms with van der Waals surface area (Å²) in [5.74, 6) is 0.300. The van der Waals surface area contributed by atoms with Crippen LogP contribution in [0.15, 0.2) is 24.4 Å². The molecule has 1 aliphatic carbocycles. The van der Waals surface area contributed by atoms with E-state index in [0.717, 1.165) is 70.4 Å². The number of carbonyl (C=O) groups excluding carboxylic acids is 2. The molecule has 3 fully saturated rings. The Morgan fingerprint density at radius 1 is 1.18 bits per heavy atom. The molecular formula is C21H31N5O2. The smallest absolute Gasteiger partial charge is 0.242 e. The van der Waals surface area contributed by atoms with Gasteiger partial charge in [-0.2, -0.15) is 0 Å². The summed E-state index contributed by atoms with van der Waals surface area (Å²) in [5.41, 5.74) is 6.39. The first kappa shape index (κ1) is 19.3. The second-order valence-corrected chi connectivity index (χ2v) is 8.55. The van der Waals surface area contributed by atoms with E-state index in [0.29, 0.717) is 12.6 Å². The van der Waals surface area contributed by atoms with E-state index in [4.69, 9.17) is 5.73 Å². The van der Waals surface area contributed by atoms with Gasteiger partial charge in [0.2, 0.25) is 11.8 Å². The number of rotatable bonds is 5. The fourth-order valence-electron chi connectivity index (χ4n) is 4.47. The van der Waals surface area contributed by atoms with E-state index in [1.54, 1.807) is 6.20 Å². The minimum absolute atomic E-state index is 0.0379. The third-order valence-electron chi connectivity index (χ3n) is 6.48. The fraction of sp³-hybridized carbons (Fsp3) is 0.667.